The standard InChI is InChI=1S/C21H23ClN4OS/c1-4-13-27-19-11-5-16(6-12-19)14-24(2)15-26-21(28)25(3)20(23-26)17-7-9-18(22)10-8-17/h4-12H,1,13-15H2,2-3H3/p+1. The Morgan fingerprint density at radius 1 is 1.18 bits per heavy atom. The summed E-state index contributed by atoms with van der Waals surface area (Å²) in [5.74, 6) is 1.68. The lowest BCUT2D eigenvalue weighted by atomic mass is 10.2. The van der Waals surface area contributed by atoms with Crippen LogP contribution in [0.5, 0.6) is 5.75 Å². The molecule has 0 saturated heterocycles. The highest BCUT2D eigenvalue weighted by Gasteiger charge is 2.13. The molecule has 3 rings (SSSR count). The minimum atomic E-state index is 0.512. The average molecular weight is 416 g/mol. The predicted octanol–water partition coefficient (Wildman–Crippen LogP) is 3.51. The van der Waals surface area contributed by atoms with E-state index in [1.54, 1.807) is 6.08 Å². The van der Waals surface area contributed by atoms with Crippen LogP contribution in [0.1, 0.15) is 5.56 Å². The number of ether oxygens (including phenoxy) is 1. The summed E-state index contributed by atoms with van der Waals surface area (Å²) in [5, 5.41) is 5.42. The van der Waals surface area contributed by atoms with Crippen molar-refractivity contribution in [3.05, 3.63) is 76.5 Å². The highest BCUT2D eigenvalue weighted by Crippen LogP contribution is 2.19. The van der Waals surface area contributed by atoms with E-state index >= 15 is 0 Å². The number of aromatic nitrogens is 3. The molecule has 0 bridgehead atoms. The number of nitrogens with one attached hydrogen (secondary N) is 1. The molecule has 146 valence electrons. The van der Waals surface area contributed by atoms with Crippen molar-refractivity contribution in [2.75, 3.05) is 13.7 Å². The van der Waals surface area contributed by atoms with E-state index in [4.69, 9.17) is 33.7 Å². The Morgan fingerprint density at radius 3 is 2.50 bits per heavy atom. The summed E-state index contributed by atoms with van der Waals surface area (Å²) in [5.41, 5.74) is 2.22. The molecule has 1 atom stereocenters. The summed E-state index contributed by atoms with van der Waals surface area (Å²) in [6.45, 7) is 5.70. The summed E-state index contributed by atoms with van der Waals surface area (Å²) < 4.78 is 10.0. The number of benzene rings is 2. The summed E-state index contributed by atoms with van der Waals surface area (Å²) in [6.07, 6.45) is 1.74. The lowest BCUT2D eigenvalue weighted by Crippen LogP contribution is -3.07. The fraction of sp³-hybridized carbons (Fsp3) is 0.238. The van der Waals surface area contributed by atoms with E-state index in [9.17, 15) is 0 Å². The Labute approximate surface area is 175 Å². The molecule has 0 aliphatic heterocycles. The van der Waals surface area contributed by atoms with Gasteiger partial charge in [0, 0.05) is 23.2 Å². The van der Waals surface area contributed by atoms with Crippen LogP contribution in [0.25, 0.3) is 11.4 Å². The Morgan fingerprint density at radius 2 is 1.86 bits per heavy atom. The second-order valence-electron chi connectivity index (χ2n) is 6.71. The lowest BCUT2D eigenvalue weighted by molar-refractivity contribution is -0.917. The molecule has 0 spiro atoms. The molecule has 28 heavy (non-hydrogen) atoms. The van der Waals surface area contributed by atoms with Gasteiger partial charge >= 0.3 is 0 Å². The Bertz CT molecular complexity index is 993. The molecule has 5 nitrogen and oxygen atoms in total. The van der Waals surface area contributed by atoms with Gasteiger partial charge < -0.3 is 14.2 Å². The monoisotopic (exact) mass is 415 g/mol. The van der Waals surface area contributed by atoms with Crippen LogP contribution in [0.2, 0.25) is 5.02 Å². The third-order valence-corrected chi connectivity index (χ3v) is 5.10. The molecule has 0 aliphatic carbocycles. The van der Waals surface area contributed by atoms with E-state index in [1.807, 2.05) is 52.7 Å². The first-order valence-electron chi connectivity index (χ1n) is 9.01. The molecule has 1 aromatic heterocycles. The molecule has 3 aromatic rings. The molecular weight excluding hydrogens is 392 g/mol. The van der Waals surface area contributed by atoms with Crippen LogP contribution in [-0.4, -0.2) is 28.0 Å². The maximum atomic E-state index is 5.99. The molecule has 0 saturated carbocycles. The quantitative estimate of drug-likeness (QED) is 0.452. The van der Waals surface area contributed by atoms with E-state index in [-0.39, 0.29) is 0 Å². The van der Waals surface area contributed by atoms with Crippen molar-refractivity contribution in [2.24, 2.45) is 7.05 Å². The number of hydrogen-bond donors (Lipinski definition) is 1. The van der Waals surface area contributed by atoms with Crippen molar-refractivity contribution in [3.63, 3.8) is 0 Å². The van der Waals surface area contributed by atoms with Gasteiger partial charge in [-0.2, -0.15) is 4.68 Å². The summed E-state index contributed by atoms with van der Waals surface area (Å²) >= 11 is 11.6. The maximum Gasteiger partial charge on any atom is 0.202 e. The lowest BCUT2D eigenvalue weighted by Gasteiger charge is -2.14. The van der Waals surface area contributed by atoms with Gasteiger partial charge in [0.15, 0.2) is 12.5 Å². The first-order chi connectivity index (χ1) is 13.5. The van der Waals surface area contributed by atoms with Crippen LogP contribution in [0.4, 0.5) is 0 Å². The predicted molar refractivity (Wildman–Crippen MR) is 115 cm³/mol. The van der Waals surface area contributed by atoms with Crippen molar-refractivity contribution < 1.29 is 9.64 Å². The average Bonchev–Trinajstić information content (AvgIpc) is 2.96. The van der Waals surface area contributed by atoms with Gasteiger partial charge in [0.1, 0.15) is 18.9 Å². The number of nitrogens with zero attached hydrogens (tertiary/aromatic N) is 3. The third-order valence-electron chi connectivity index (χ3n) is 4.36. The molecule has 0 amide bonds. The normalized spacial score (nSPS) is 12.0. The van der Waals surface area contributed by atoms with Crippen LogP contribution >= 0.6 is 23.8 Å². The zero-order valence-electron chi connectivity index (χ0n) is 16.1. The summed E-state index contributed by atoms with van der Waals surface area (Å²) in [6, 6.07) is 15.8. The van der Waals surface area contributed by atoms with Crippen molar-refractivity contribution in [3.8, 4) is 17.1 Å². The molecule has 1 unspecified atom stereocenters. The van der Waals surface area contributed by atoms with Gasteiger partial charge in [-0.05, 0) is 60.7 Å². The zero-order valence-corrected chi connectivity index (χ0v) is 17.6. The SMILES string of the molecule is C=CCOc1ccc(C[NH+](C)Cn2nc(-c3ccc(Cl)cc3)n(C)c2=S)cc1. The number of hydrogen-bond acceptors (Lipinski definition) is 3. The molecule has 7 heteroatoms. The van der Waals surface area contributed by atoms with E-state index in [2.05, 4.69) is 25.8 Å². The van der Waals surface area contributed by atoms with Gasteiger partial charge in [-0.1, -0.05) is 24.3 Å². The molecule has 1 N–H and O–H groups in total. The largest absolute Gasteiger partial charge is 0.490 e. The molecule has 1 heterocycles. The van der Waals surface area contributed by atoms with Crippen LogP contribution in [0, 0.1) is 4.77 Å². The van der Waals surface area contributed by atoms with Crippen LogP contribution in [-0.2, 0) is 20.3 Å². The van der Waals surface area contributed by atoms with Gasteiger partial charge in [-0.3, -0.25) is 0 Å². The van der Waals surface area contributed by atoms with Crippen molar-refractivity contribution in [1.29, 1.82) is 0 Å². The number of quaternary nitrogens is 1. The van der Waals surface area contributed by atoms with E-state index in [0.29, 0.717) is 23.1 Å². The highest BCUT2D eigenvalue weighted by atomic mass is 35.5. The fourth-order valence-corrected chi connectivity index (χ4v) is 3.28. The van der Waals surface area contributed by atoms with Gasteiger partial charge in [0.2, 0.25) is 4.77 Å². The van der Waals surface area contributed by atoms with Gasteiger partial charge in [0.05, 0.1) is 7.05 Å². The summed E-state index contributed by atoms with van der Waals surface area (Å²) in [7, 11) is 4.06. The second kappa shape index (κ2) is 9.19. The smallest absolute Gasteiger partial charge is 0.202 e. The Balaban J connectivity index is 1.69. The minimum Gasteiger partial charge on any atom is -0.490 e. The molecule has 0 fully saturated rings. The maximum absolute atomic E-state index is 5.99. The van der Waals surface area contributed by atoms with Crippen LogP contribution in [0.3, 0.4) is 0 Å². The molecular formula is C21H24ClN4OS+. The highest BCUT2D eigenvalue weighted by molar-refractivity contribution is 7.71. The minimum absolute atomic E-state index is 0.512. The summed E-state index contributed by atoms with van der Waals surface area (Å²) in [4.78, 5) is 1.27. The first-order valence-corrected chi connectivity index (χ1v) is 9.80. The van der Waals surface area contributed by atoms with Crippen molar-refractivity contribution in [2.45, 2.75) is 13.2 Å². The number of rotatable bonds is 8. The van der Waals surface area contributed by atoms with Gasteiger partial charge in [-0.15, -0.1) is 5.10 Å². The first kappa shape index (κ1) is 20.3. The van der Waals surface area contributed by atoms with Crippen LogP contribution < -0.4 is 9.64 Å². The zero-order chi connectivity index (χ0) is 20.1. The van der Waals surface area contributed by atoms with Crippen molar-refractivity contribution >= 4 is 23.8 Å². The topological polar surface area (TPSA) is 36.4 Å². The Kier molecular flexibility index (Phi) is 6.67. The molecule has 0 aliphatic rings. The van der Waals surface area contributed by atoms with Crippen LogP contribution in [0.15, 0.2) is 61.2 Å². The molecule has 2 aromatic carbocycles. The number of halogens is 1. The van der Waals surface area contributed by atoms with E-state index < -0.39 is 0 Å². The second-order valence-corrected chi connectivity index (χ2v) is 7.51. The third kappa shape index (κ3) is 4.90. The van der Waals surface area contributed by atoms with Crippen molar-refractivity contribution in [1.82, 2.24) is 14.3 Å². The van der Waals surface area contributed by atoms with Gasteiger partial charge in [-0.25, -0.2) is 0 Å². The molecule has 0 radical (unpaired) electrons. The Hall–Kier alpha value is -2.41. The van der Waals surface area contributed by atoms with E-state index in [1.165, 1.54) is 10.5 Å². The fourth-order valence-electron chi connectivity index (χ4n) is 2.96. The van der Waals surface area contributed by atoms with E-state index in [0.717, 1.165) is 23.7 Å². The van der Waals surface area contributed by atoms with Gasteiger partial charge in [0.25, 0.3) is 0 Å².